The predicted octanol–water partition coefficient (Wildman–Crippen LogP) is 3.54. The number of hydrogen-bond donors (Lipinski definition) is 1. The van der Waals surface area contributed by atoms with Crippen LogP contribution in [0.3, 0.4) is 0 Å². The lowest BCUT2D eigenvalue weighted by molar-refractivity contribution is -0.113. The lowest BCUT2D eigenvalue weighted by Crippen LogP contribution is -2.14. The Labute approximate surface area is 122 Å². The molecule has 0 saturated heterocycles. The minimum atomic E-state index is -0.0382. The Morgan fingerprint density at radius 2 is 1.85 bits per heavy atom. The molecule has 0 unspecified atom stereocenters. The van der Waals surface area contributed by atoms with Gasteiger partial charge in [-0.15, -0.1) is 11.8 Å². The summed E-state index contributed by atoms with van der Waals surface area (Å²) in [6.45, 7) is 1.96. The van der Waals surface area contributed by atoms with E-state index in [2.05, 4.69) is 5.32 Å². The van der Waals surface area contributed by atoms with Crippen LogP contribution in [0.1, 0.15) is 15.9 Å². The summed E-state index contributed by atoms with van der Waals surface area (Å²) in [5, 5.41) is 2.89. The molecule has 4 heteroatoms. The van der Waals surface area contributed by atoms with Gasteiger partial charge in [0.05, 0.1) is 5.75 Å². The summed E-state index contributed by atoms with van der Waals surface area (Å²) in [7, 11) is 0. The smallest absolute Gasteiger partial charge is 0.234 e. The van der Waals surface area contributed by atoms with Crippen molar-refractivity contribution < 1.29 is 9.59 Å². The standard InChI is InChI=1S/C16H15NO2S/c1-12-4-2-3-5-15(12)17-16(19)11-20-14-8-6-13(10-18)7-9-14/h2-10H,11H2,1H3,(H,17,19). The first kappa shape index (κ1) is 14.3. The van der Waals surface area contributed by atoms with E-state index < -0.39 is 0 Å². The number of hydrogen-bond acceptors (Lipinski definition) is 3. The van der Waals surface area contributed by atoms with Crippen LogP contribution in [0.2, 0.25) is 0 Å². The quantitative estimate of drug-likeness (QED) is 0.675. The van der Waals surface area contributed by atoms with Crippen LogP contribution in [0.5, 0.6) is 0 Å². The average Bonchev–Trinajstić information content (AvgIpc) is 2.48. The molecule has 0 fully saturated rings. The van der Waals surface area contributed by atoms with E-state index in [9.17, 15) is 9.59 Å². The predicted molar refractivity (Wildman–Crippen MR) is 82.4 cm³/mol. The summed E-state index contributed by atoms with van der Waals surface area (Å²) in [4.78, 5) is 23.4. The molecule has 0 aliphatic rings. The van der Waals surface area contributed by atoms with Crippen LogP contribution in [0.25, 0.3) is 0 Å². The molecule has 0 aliphatic heterocycles. The zero-order chi connectivity index (χ0) is 14.4. The van der Waals surface area contributed by atoms with Gasteiger partial charge in [-0.3, -0.25) is 9.59 Å². The van der Waals surface area contributed by atoms with Gasteiger partial charge >= 0.3 is 0 Å². The topological polar surface area (TPSA) is 46.2 Å². The van der Waals surface area contributed by atoms with Gasteiger partial charge in [-0.2, -0.15) is 0 Å². The maximum absolute atomic E-state index is 11.9. The van der Waals surface area contributed by atoms with Crippen LogP contribution in [0.15, 0.2) is 53.4 Å². The highest BCUT2D eigenvalue weighted by Crippen LogP contribution is 2.19. The van der Waals surface area contributed by atoms with Crippen molar-refractivity contribution in [3.05, 3.63) is 59.7 Å². The maximum Gasteiger partial charge on any atom is 0.234 e. The third-order valence-electron chi connectivity index (χ3n) is 2.81. The SMILES string of the molecule is Cc1ccccc1NC(=O)CSc1ccc(C=O)cc1. The zero-order valence-corrected chi connectivity index (χ0v) is 11.9. The molecule has 3 nitrogen and oxygen atoms in total. The number of carbonyl (C=O) groups is 2. The van der Waals surface area contributed by atoms with Gasteiger partial charge in [-0.05, 0) is 30.7 Å². The maximum atomic E-state index is 11.9. The van der Waals surface area contributed by atoms with Crippen molar-refractivity contribution in [3.63, 3.8) is 0 Å². The Hall–Kier alpha value is -2.07. The van der Waals surface area contributed by atoms with Crippen LogP contribution in [-0.4, -0.2) is 17.9 Å². The van der Waals surface area contributed by atoms with E-state index in [1.165, 1.54) is 11.8 Å². The van der Waals surface area contributed by atoms with E-state index in [1.54, 1.807) is 12.1 Å². The molecule has 0 spiro atoms. The van der Waals surface area contributed by atoms with Crippen LogP contribution in [0, 0.1) is 6.92 Å². The highest BCUT2D eigenvalue weighted by atomic mass is 32.2. The van der Waals surface area contributed by atoms with Crippen molar-refractivity contribution in [1.82, 2.24) is 0 Å². The van der Waals surface area contributed by atoms with Gasteiger partial charge in [-0.25, -0.2) is 0 Å². The van der Waals surface area contributed by atoms with Gasteiger partial charge < -0.3 is 5.32 Å². The largest absolute Gasteiger partial charge is 0.325 e. The number of nitrogens with one attached hydrogen (secondary N) is 1. The van der Waals surface area contributed by atoms with Crippen LogP contribution in [-0.2, 0) is 4.79 Å². The number of anilines is 1. The van der Waals surface area contributed by atoms with Crippen LogP contribution >= 0.6 is 11.8 Å². The number of benzene rings is 2. The van der Waals surface area contributed by atoms with E-state index >= 15 is 0 Å². The van der Waals surface area contributed by atoms with E-state index in [-0.39, 0.29) is 5.91 Å². The molecule has 0 atom stereocenters. The molecule has 0 saturated carbocycles. The molecule has 0 aliphatic carbocycles. The third-order valence-corrected chi connectivity index (χ3v) is 3.82. The van der Waals surface area contributed by atoms with Crippen molar-refractivity contribution in [2.45, 2.75) is 11.8 Å². The summed E-state index contributed by atoms with van der Waals surface area (Å²) in [6.07, 6.45) is 0.805. The summed E-state index contributed by atoms with van der Waals surface area (Å²) in [5.74, 6) is 0.304. The first-order valence-electron chi connectivity index (χ1n) is 6.22. The van der Waals surface area contributed by atoms with Crippen molar-refractivity contribution in [2.75, 3.05) is 11.1 Å². The fourth-order valence-electron chi connectivity index (χ4n) is 1.69. The zero-order valence-electron chi connectivity index (χ0n) is 11.1. The van der Waals surface area contributed by atoms with E-state index in [4.69, 9.17) is 0 Å². The molecule has 0 radical (unpaired) electrons. The number of thioether (sulfide) groups is 1. The van der Waals surface area contributed by atoms with Gasteiger partial charge in [0, 0.05) is 16.1 Å². The second-order valence-corrected chi connectivity index (χ2v) is 5.39. The molecule has 20 heavy (non-hydrogen) atoms. The van der Waals surface area contributed by atoms with Gasteiger partial charge in [-0.1, -0.05) is 30.3 Å². The van der Waals surface area contributed by atoms with Crippen molar-refractivity contribution in [1.29, 1.82) is 0 Å². The molecule has 0 aromatic heterocycles. The Bertz CT molecular complexity index is 608. The molecular weight excluding hydrogens is 270 g/mol. The Balaban J connectivity index is 1.88. The van der Waals surface area contributed by atoms with Crippen molar-refractivity contribution in [2.24, 2.45) is 0 Å². The monoisotopic (exact) mass is 285 g/mol. The molecule has 1 N–H and O–H groups in total. The van der Waals surface area contributed by atoms with Gasteiger partial charge in [0.15, 0.2) is 0 Å². The third kappa shape index (κ3) is 3.96. The van der Waals surface area contributed by atoms with E-state index in [0.717, 1.165) is 22.4 Å². The molecule has 2 rings (SSSR count). The van der Waals surface area contributed by atoms with Crippen LogP contribution in [0.4, 0.5) is 5.69 Å². The fourth-order valence-corrected chi connectivity index (χ4v) is 2.39. The van der Waals surface area contributed by atoms with Gasteiger partial charge in [0.25, 0.3) is 0 Å². The number of para-hydroxylation sites is 1. The first-order chi connectivity index (χ1) is 9.69. The molecule has 102 valence electrons. The lowest BCUT2D eigenvalue weighted by Gasteiger charge is -2.07. The molecular formula is C16H15NO2S. The summed E-state index contributed by atoms with van der Waals surface area (Å²) in [5.41, 5.74) is 2.52. The first-order valence-corrected chi connectivity index (χ1v) is 7.21. The Kier molecular flexibility index (Phi) is 4.96. The molecule has 1 amide bonds. The molecule has 0 heterocycles. The van der Waals surface area contributed by atoms with E-state index in [1.807, 2.05) is 43.3 Å². The number of aldehydes is 1. The second-order valence-electron chi connectivity index (χ2n) is 4.34. The minimum absolute atomic E-state index is 0.0382. The fraction of sp³-hybridized carbons (Fsp3) is 0.125. The second kappa shape index (κ2) is 6.91. The summed E-state index contributed by atoms with van der Waals surface area (Å²) < 4.78 is 0. The highest BCUT2D eigenvalue weighted by Gasteiger charge is 2.05. The number of carbonyl (C=O) groups excluding carboxylic acids is 2. The lowest BCUT2D eigenvalue weighted by atomic mass is 10.2. The number of amides is 1. The summed E-state index contributed by atoms with van der Waals surface area (Å²) in [6, 6.07) is 14.9. The molecule has 2 aromatic carbocycles. The van der Waals surface area contributed by atoms with Crippen molar-refractivity contribution >= 4 is 29.6 Å². The average molecular weight is 285 g/mol. The van der Waals surface area contributed by atoms with Gasteiger partial charge in [0.1, 0.15) is 6.29 Å². The molecule has 0 bridgehead atoms. The van der Waals surface area contributed by atoms with Gasteiger partial charge in [0.2, 0.25) is 5.91 Å². The Morgan fingerprint density at radius 1 is 1.15 bits per heavy atom. The summed E-state index contributed by atoms with van der Waals surface area (Å²) >= 11 is 1.44. The Morgan fingerprint density at radius 3 is 2.50 bits per heavy atom. The number of aryl methyl sites for hydroxylation is 1. The minimum Gasteiger partial charge on any atom is -0.325 e. The normalized spacial score (nSPS) is 10.1. The molecule has 2 aromatic rings. The number of rotatable bonds is 5. The van der Waals surface area contributed by atoms with E-state index in [0.29, 0.717) is 11.3 Å². The van der Waals surface area contributed by atoms with Crippen molar-refractivity contribution in [3.8, 4) is 0 Å². The van der Waals surface area contributed by atoms with Crippen LogP contribution < -0.4 is 5.32 Å². The highest BCUT2D eigenvalue weighted by molar-refractivity contribution is 8.00.